The number of unbranched alkanes of at least 4 members (excludes halogenated alkanes) is 1. The number of benzene rings is 1. The third-order valence-electron chi connectivity index (χ3n) is 3.84. The second-order valence-electron chi connectivity index (χ2n) is 5.84. The Kier molecular flexibility index (Phi) is 7.21. The number of aryl methyl sites for hydroxylation is 1. The molecule has 2 heterocycles. The molecule has 7 nitrogen and oxygen atoms in total. The van der Waals surface area contributed by atoms with Crippen molar-refractivity contribution in [3.8, 4) is 11.5 Å². The van der Waals surface area contributed by atoms with Gasteiger partial charge in [-0.15, -0.1) is 10.2 Å². The minimum absolute atomic E-state index is 0.664. The molecule has 0 unspecified atom stereocenters. The van der Waals surface area contributed by atoms with Gasteiger partial charge in [0.2, 0.25) is 5.89 Å². The van der Waals surface area contributed by atoms with Crippen LogP contribution < -0.4 is 0 Å². The molecule has 3 aromatic rings. The van der Waals surface area contributed by atoms with E-state index in [0.717, 1.165) is 60.2 Å². The van der Waals surface area contributed by atoms with Crippen molar-refractivity contribution in [2.24, 2.45) is 0 Å². The Morgan fingerprint density at radius 2 is 2.04 bits per heavy atom. The average Bonchev–Trinajstić information content (AvgIpc) is 3.31. The van der Waals surface area contributed by atoms with Crippen LogP contribution in [0.3, 0.4) is 0 Å². The van der Waals surface area contributed by atoms with E-state index in [1.165, 1.54) is 0 Å². The maximum Gasteiger partial charge on any atom is 0.226 e. The number of aromatic amines is 1. The maximum atomic E-state index is 5.77. The van der Waals surface area contributed by atoms with Crippen LogP contribution >= 0.6 is 11.8 Å². The fourth-order valence-corrected chi connectivity index (χ4v) is 3.31. The van der Waals surface area contributed by atoms with E-state index in [1.807, 2.05) is 49.0 Å². The van der Waals surface area contributed by atoms with Crippen molar-refractivity contribution in [3.05, 3.63) is 47.6 Å². The molecule has 0 aliphatic heterocycles. The van der Waals surface area contributed by atoms with Crippen LogP contribution in [0.25, 0.3) is 11.5 Å². The largest absolute Gasteiger partial charge is 0.441 e. The molecule has 0 fully saturated rings. The molecule has 0 amide bonds. The first-order valence-electron chi connectivity index (χ1n) is 8.72. The van der Waals surface area contributed by atoms with Gasteiger partial charge in [-0.25, -0.2) is 4.98 Å². The van der Waals surface area contributed by atoms with Gasteiger partial charge in [0.05, 0.1) is 18.1 Å². The van der Waals surface area contributed by atoms with Crippen molar-refractivity contribution in [2.75, 3.05) is 19.0 Å². The van der Waals surface area contributed by atoms with Gasteiger partial charge in [0.15, 0.2) is 5.82 Å². The number of aromatic nitrogens is 5. The molecule has 0 aliphatic carbocycles. The molecule has 2 aromatic heterocycles. The molecular weight excluding hydrogens is 350 g/mol. The molecule has 0 saturated heterocycles. The van der Waals surface area contributed by atoms with Crippen LogP contribution in [0.2, 0.25) is 0 Å². The van der Waals surface area contributed by atoms with Gasteiger partial charge in [-0.1, -0.05) is 23.4 Å². The van der Waals surface area contributed by atoms with E-state index in [9.17, 15) is 0 Å². The summed E-state index contributed by atoms with van der Waals surface area (Å²) >= 11 is 1.81. The predicted octanol–water partition coefficient (Wildman–Crippen LogP) is 3.44. The van der Waals surface area contributed by atoms with Gasteiger partial charge in [0.25, 0.3) is 0 Å². The number of nitrogens with zero attached hydrogens (tertiary/aromatic N) is 4. The smallest absolute Gasteiger partial charge is 0.226 e. The number of thioether (sulfide) groups is 1. The normalized spacial score (nSPS) is 11.1. The average molecular weight is 373 g/mol. The molecule has 0 atom stereocenters. The van der Waals surface area contributed by atoms with Crippen LogP contribution in [0.4, 0.5) is 0 Å². The van der Waals surface area contributed by atoms with Crippen molar-refractivity contribution < 1.29 is 9.15 Å². The van der Waals surface area contributed by atoms with Crippen LogP contribution in [0.15, 0.2) is 34.7 Å². The van der Waals surface area contributed by atoms with Crippen LogP contribution in [-0.4, -0.2) is 44.6 Å². The van der Waals surface area contributed by atoms with Crippen molar-refractivity contribution >= 4 is 11.8 Å². The van der Waals surface area contributed by atoms with Crippen LogP contribution in [0.1, 0.15) is 30.1 Å². The fourth-order valence-electron chi connectivity index (χ4n) is 2.45. The molecule has 1 N–H and O–H groups in total. The van der Waals surface area contributed by atoms with E-state index in [4.69, 9.17) is 9.15 Å². The highest BCUT2D eigenvalue weighted by atomic mass is 32.2. The topological polar surface area (TPSA) is 89.7 Å². The van der Waals surface area contributed by atoms with Crippen molar-refractivity contribution in [2.45, 2.75) is 31.9 Å². The predicted molar refractivity (Wildman–Crippen MR) is 101 cm³/mol. The molecule has 0 radical (unpaired) electrons. The van der Waals surface area contributed by atoms with Crippen molar-refractivity contribution in [1.29, 1.82) is 0 Å². The highest BCUT2D eigenvalue weighted by Gasteiger charge is 2.10. The van der Waals surface area contributed by atoms with Crippen molar-refractivity contribution in [1.82, 2.24) is 25.6 Å². The van der Waals surface area contributed by atoms with E-state index in [2.05, 4.69) is 25.6 Å². The summed E-state index contributed by atoms with van der Waals surface area (Å²) in [5.41, 5.74) is 1.97. The highest BCUT2D eigenvalue weighted by molar-refractivity contribution is 7.98. The molecule has 3 rings (SSSR count). The third kappa shape index (κ3) is 5.67. The summed E-state index contributed by atoms with van der Waals surface area (Å²) in [6.45, 7) is 3.39. The monoisotopic (exact) mass is 373 g/mol. The van der Waals surface area contributed by atoms with Crippen LogP contribution in [0, 0.1) is 6.92 Å². The van der Waals surface area contributed by atoms with Gasteiger partial charge in [-0.2, -0.15) is 17.0 Å². The zero-order valence-electron chi connectivity index (χ0n) is 14.9. The number of rotatable bonds is 11. The van der Waals surface area contributed by atoms with Crippen LogP contribution in [-0.2, 0) is 16.9 Å². The van der Waals surface area contributed by atoms with Gasteiger partial charge >= 0.3 is 0 Å². The van der Waals surface area contributed by atoms with E-state index < -0.39 is 0 Å². The Bertz CT molecular complexity index is 761. The summed E-state index contributed by atoms with van der Waals surface area (Å²) in [6, 6.07) is 9.96. The van der Waals surface area contributed by atoms with Gasteiger partial charge < -0.3 is 9.15 Å². The van der Waals surface area contributed by atoms with Gasteiger partial charge in [0, 0.05) is 18.6 Å². The number of hydrogen-bond acceptors (Lipinski definition) is 7. The zero-order chi connectivity index (χ0) is 18.0. The first-order chi connectivity index (χ1) is 12.8. The molecule has 8 heteroatoms. The zero-order valence-corrected chi connectivity index (χ0v) is 15.7. The molecule has 138 valence electrons. The third-order valence-corrected chi connectivity index (χ3v) is 4.88. The molecular formula is C18H23N5O2S. The first-order valence-corrected chi connectivity index (χ1v) is 9.88. The van der Waals surface area contributed by atoms with E-state index in [0.29, 0.717) is 12.5 Å². The summed E-state index contributed by atoms with van der Waals surface area (Å²) in [4.78, 5) is 4.59. The molecule has 0 saturated carbocycles. The maximum absolute atomic E-state index is 5.77. The SMILES string of the molecule is Cc1oc(-c2ccccc2)nc1CCOCCCCSCc1nn[nH]n1. The standard InChI is InChI=1S/C18H23N5O2S/c1-14-16(19-18(25-14)15-7-3-2-4-8-15)9-11-24-10-5-6-12-26-13-17-20-22-23-21-17/h2-4,7-8H,5-6,9-13H2,1H3,(H,20,21,22,23). The number of hydrogen-bond donors (Lipinski definition) is 1. The van der Waals surface area contributed by atoms with Gasteiger partial charge in [0.1, 0.15) is 5.76 Å². The Balaban J connectivity index is 1.27. The van der Waals surface area contributed by atoms with E-state index in [-0.39, 0.29) is 0 Å². The molecule has 0 aliphatic rings. The Labute approximate surface area is 156 Å². The summed E-state index contributed by atoms with van der Waals surface area (Å²) in [5, 5.41) is 13.8. The summed E-state index contributed by atoms with van der Waals surface area (Å²) < 4.78 is 11.5. The lowest BCUT2D eigenvalue weighted by atomic mass is 10.2. The quantitative estimate of drug-likeness (QED) is 0.515. The number of oxazole rings is 1. The minimum atomic E-state index is 0.664. The molecule has 26 heavy (non-hydrogen) atoms. The lowest BCUT2D eigenvalue weighted by Gasteiger charge is -2.03. The highest BCUT2D eigenvalue weighted by Crippen LogP contribution is 2.21. The number of tetrazole rings is 1. The van der Waals surface area contributed by atoms with Crippen LogP contribution in [0.5, 0.6) is 0 Å². The van der Waals surface area contributed by atoms with Gasteiger partial charge in [-0.05, 0) is 37.7 Å². The Morgan fingerprint density at radius 3 is 2.85 bits per heavy atom. The fraction of sp³-hybridized carbons (Fsp3) is 0.444. The van der Waals surface area contributed by atoms with Crippen molar-refractivity contribution in [3.63, 3.8) is 0 Å². The van der Waals surface area contributed by atoms with E-state index in [1.54, 1.807) is 0 Å². The second kappa shape index (κ2) is 10.1. The summed E-state index contributed by atoms with van der Waals surface area (Å²) in [7, 11) is 0. The number of H-pyrrole nitrogens is 1. The number of nitrogens with one attached hydrogen (secondary N) is 1. The summed E-state index contributed by atoms with van der Waals surface area (Å²) in [6.07, 6.45) is 2.94. The first kappa shape index (κ1) is 18.6. The van der Waals surface area contributed by atoms with E-state index >= 15 is 0 Å². The Morgan fingerprint density at radius 1 is 1.15 bits per heavy atom. The molecule has 0 spiro atoms. The lowest BCUT2D eigenvalue weighted by molar-refractivity contribution is 0.133. The second-order valence-corrected chi connectivity index (χ2v) is 6.94. The minimum Gasteiger partial charge on any atom is -0.441 e. The Hall–Kier alpha value is -2.19. The number of ether oxygens (including phenoxy) is 1. The van der Waals surface area contributed by atoms with Gasteiger partial charge in [-0.3, -0.25) is 0 Å². The molecule has 0 bridgehead atoms. The summed E-state index contributed by atoms with van der Waals surface area (Å²) in [5.74, 6) is 4.17. The molecule has 1 aromatic carbocycles. The lowest BCUT2D eigenvalue weighted by Crippen LogP contribution is -2.02.